The van der Waals surface area contributed by atoms with Crippen molar-refractivity contribution < 1.29 is 23.2 Å². The van der Waals surface area contributed by atoms with Crippen LogP contribution in [0.4, 0.5) is 0 Å². The fourth-order valence-electron chi connectivity index (χ4n) is 3.22. The van der Waals surface area contributed by atoms with Crippen LogP contribution in [-0.4, -0.2) is 23.2 Å². The molecule has 0 saturated heterocycles. The predicted molar refractivity (Wildman–Crippen MR) is 114 cm³/mol. The average molecular weight is 494 g/mol. The maximum Gasteiger partial charge on any atom is 0.283 e. The van der Waals surface area contributed by atoms with Crippen LogP contribution in [0, 0.1) is 0 Å². The maximum atomic E-state index is 12.9. The number of para-hydroxylation sites is 1. The van der Waals surface area contributed by atoms with E-state index in [0.717, 1.165) is 6.07 Å². The van der Waals surface area contributed by atoms with Crippen LogP contribution in [0.3, 0.4) is 0 Å². The van der Waals surface area contributed by atoms with Crippen LogP contribution in [0.15, 0.2) is 54.6 Å². The zero-order valence-electron chi connectivity index (χ0n) is 14.3. The highest BCUT2D eigenvalue weighted by atomic mass is 35.5. The molecule has 0 amide bonds. The number of hydrogen-bond donors (Lipinski definition) is 3. The molecule has 1 unspecified atom stereocenters. The number of hydrogen-bond acceptors (Lipinski definition) is 4. The molecule has 3 aromatic rings. The third kappa shape index (κ3) is 3.77. The van der Waals surface area contributed by atoms with E-state index in [9.17, 15) is 23.2 Å². The van der Waals surface area contributed by atoms with Gasteiger partial charge in [0.1, 0.15) is 16.5 Å². The number of aromatic hydroxyl groups is 2. The summed E-state index contributed by atoms with van der Waals surface area (Å²) in [5.41, 5.74) is -0.484. The van der Waals surface area contributed by atoms with Gasteiger partial charge in [0, 0.05) is 15.6 Å². The lowest BCUT2D eigenvalue weighted by Gasteiger charge is -2.33. The van der Waals surface area contributed by atoms with Gasteiger partial charge in [0.25, 0.3) is 10.1 Å². The molecule has 3 N–H and O–H groups in total. The summed E-state index contributed by atoms with van der Waals surface area (Å²) in [7, 11) is -5.08. The van der Waals surface area contributed by atoms with Gasteiger partial charge < -0.3 is 10.2 Å². The molecule has 29 heavy (non-hydrogen) atoms. The van der Waals surface area contributed by atoms with E-state index in [1.165, 1.54) is 48.5 Å². The molecular formula is C19H12Cl4O5S. The summed E-state index contributed by atoms with van der Waals surface area (Å²) in [4.78, 5) is 0. The van der Waals surface area contributed by atoms with Crippen LogP contribution in [0.1, 0.15) is 16.7 Å². The van der Waals surface area contributed by atoms with Crippen molar-refractivity contribution in [3.8, 4) is 11.5 Å². The second kappa shape index (κ2) is 7.87. The number of halogens is 4. The summed E-state index contributed by atoms with van der Waals surface area (Å²) in [5.74, 6) is -0.961. The van der Waals surface area contributed by atoms with Gasteiger partial charge >= 0.3 is 0 Å². The van der Waals surface area contributed by atoms with E-state index >= 15 is 0 Å². The van der Waals surface area contributed by atoms with Crippen molar-refractivity contribution in [3.63, 3.8) is 0 Å². The molecule has 3 aromatic carbocycles. The van der Waals surface area contributed by atoms with Gasteiger partial charge in [-0.25, -0.2) is 0 Å². The highest BCUT2D eigenvalue weighted by Crippen LogP contribution is 2.50. The van der Waals surface area contributed by atoms with Gasteiger partial charge in [-0.2, -0.15) is 8.42 Å². The fraction of sp³-hybridized carbons (Fsp3) is 0.0526. The second-order valence-corrected chi connectivity index (χ2v) is 9.34. The highest BCUT2D eigenvalue weighted by Gasteiger charge is 2.50. The van der Waals surface area contributed by atoms with E-state index in [0.29, 0.717) is 0 Å². The summed E-state index contributed by atoms with van der Waals surface area (Å²) >= 11 is 24.1. The number of phenols is 2. The van der Waals surface area contributed by atoms with Crippen molar-refractivity contribution in [3.05, 3.63) is 91.4 Å². The summed E-state index contributed by atoms with van der Waals surface area (Å²) in [6.45, 7) is 0. The van der Waals surface area contributed by atoms with Crippen LogP contribution in [0.2, 0.25) is 20.1 Å². The summed E-state index contributed by atoms with van der Waals surface area (Å²) < 4.78 is 33.9. The minimum Gasteiger partial charge on any atom is -0.508 e. The van der Waals surface area contributed by atoms with E-state index in [1.807, 2.05) is 0 Å². The quantitative estimate of drug-likeness (QED) is 0.311. The lowest BCUT2D eigenvalue weighted by atomic mass is 9.83. The van der Waals surface area contributed by atoms with Crippen LogP contribution < -0.4 is 0 Å². The van der Waals surface area contributed by atoms with Crippen LogP contribution >= 0.6 is 46.4 Å². The Labute approximate surface area is 186 Å². The Hall–Kier alpha value is -1.67. The largest absolute Gasteiger partial charge is 0.508 e. The van der Waals surface area contributed by atoms with Crippen LogP contribution in [-0.2, 0) is 14.9 Å². The lowest BCUT2D eigenvalue weighted by molar-refractivity contribution is 0.439. The Balaban J connectivity index is 2.61. The zero-order chi connectivity index (χ0) is 21.6. The van der Waals surface area contributed by atoms with E-state index < -0.39 is 26.4 Å². The van der Waals surface area contributed by atoms with Crippen LogP contribution in [0.5, 0.6) is 11.5 Å². The molecule has 0 aliphatic heterocycles. The molecule has 3 rings (SSSR count). The number of rotatable bonds is 4. The van der Waals surface area contributed by atoms with Crippen molar-refractivity contribution in [1.82, 2.24) is 0 Å². The van der Waals surface area contributed by atoms with Gasteiger partial charge in [0.05, 0.1) is 5.02 Å². The molecule has 0 radical (unpaired) electrons. The monoisotopic (exact) mass is 492 g/mol. The van der Waals surface area contributed by atoms with Crippen molar-refractivity contribution in [2.24, 2.45) is 0 Å². The smallest absolute Gasteiger partial charge is 0.283 e. The first-order valence-electron chi connectivity index (χ1n) is 7.89. The van der Waals surface area contributed by atoms with Gasteiger partial charge in [-0.3, -0.25) is 4.55 Å². The fourth-order valence-corrected chi connectivity index (χ4v) is 5.35. The van der Waals surface area contributed by atoms with E-state index in [2.05, 4.69) is 0 Å². The number of phenolic OH excluding ortho intramolecular Hbond substituents is 2. The molecular weight excluding hydrogens is 482 g/mol. The molecule has 0 bridgehead atoms. The molecule has 10 heteroatoms. The molecule has 0 saturated carbocycles. The molecule has 0 aromatic heterocycles. The Morgan fingerprint density at radius 3 is 1.83 bits per heavy atom. The molecule has 0 fully saturated rings. The van der Waals surface area contributed by atoms with Crippen molar-refractivity contribution in [2.45, 2.75) is 4.75 Å². The Bertz CT molecular complexity index is 1170. The van der Waals surface area contributed by atoms with Crippen molar-refractivity contribution >= 4 is 56.5 Å². The van der Waals surface area contributed by atoms with E-state index in [4.69, 9.17) is 46.4 Å². The summed E-state index contributed by atoms with van der Waals surface area (Å²) in [5, 5.41) is 20.5. The van der Waals surface area contributed by atoms with E-state index in [1.54, 1.807) is 0 Å². The lowest BCUT2D eigenvalue weighted by Crippen LogP contribution is -2.38. The zero-order valence-corrected chi connectivity index (χ0v) is 18.1. The molecule has 0 heterocycles. The van der Waals surface area contributed by atoms with Crippen molar-refractivity contribution in [2.75, 3.05) is 0 Å². The summed E-state index contributed by atoms with van der Waals surface area (Å²) in [6, 6.07) is 11.6. The first kappa shape index (κ1) is 22.0. The standard InChI is InChI=1S/C19H12Cl4O5S/c20-12-5-10(6-13(21)9-12)19(29(26,27)28,14-3-1-2-4-16(14)24)11-7-15(22)18(23)17(25)8-11/h1-9,24-25H,(H,26,27,28). The maximum absolute atomic E-state index is 12.9. The first-order valence-corrected chi connectivity index (χ1v) is 10.8. The topological polar surface area (TPSA) is 94.8 Å². The molecule has 5 nitrogen and oxygen atoms in total. The molecule has 0 aliphatic carbocycles. The van der Waals surface area contributed by atoms with Crippen molar-refractivity contribution in [1.29, 1.82) is 0 Å². The minimum atomic E-state index is -5.08. The first-order chi connectivity index (χ1) is 13.5. The van der Waals surface area contributed by atoms with Gasteiger partial charge in [0.15, 0.2) is 4.75 Å². The van der Waals surface area contributed by atoms with Gasteiger partial charge in [0.2, 0.25) is 0 Å². The third-order valence-corrected chi connectivity index (χ3v) is 7.05. The minimum absolute atomic E-state index is 0.0835. The van der Waals surface area contributed by atoms with Gasteiger partial charge in [-0.1, -0.05) is 64.6 Å². The molecule has 0 aliphatic rings. The van der Waals surface area contributed by atoms with Gasteiger partial charge in [-0.05, 0) is 47.5 Å². The Morgan fingerprint density at radius 2 is 1.31 bits per heavy atom. The molecule has 0 spiro atoms. The summed E-state index contributed by atoms with van der Waals surface area (Å²) in [6.07, 6.45) is 0. The predicted octanol–water partition coefficient (Wildman–Crippen LogP) is 5.89. The Kier molecular flexibility index (Phi) is 5.98. The van der Waals surface area contributed by atoms with E-state index in [-0.39, 0.29) is 36.8 Å². The number of benzene rings is 3. The average Bonchev–Trinajstić information content (AvgIpc) is 2.59. The SMILES string of the molecule is O=S(=O)(O)C(c1cc(Cl)cc(Cl)c1)(c1cc(O)c(Cl)c(Cl)c1)c1ccccc1O. The normalized spacial score (nSPS) is 13.8. The second-order valence-electron chi connectivity index (χ2n) is 6.12. The third-order valence-electron chi connectivity index (χ3n) is 4.35. The van der Waals surface area contributed by atoms with Gasteiger partial charge in [-0.15, -0.1) is 0 Å². The highest BCUT2D eigenvalue weighted by molar-refractivity contribution is 7.87. The molecule has 152 valence electrons. The Morgan fingerprint density at radius 1 is 0.759 bits per heavy atom. The molecule has 1 atom stereocenters. The van der Waals surface area contributed by atoms with Crippen LogP contribution in [0.25, 0.3) is 0 Å².